The fourth-order valence-corrected chi connectivity index (χ4v) is 4.75. The number of amides is 1. The Balaban J connectivity index is 1.65. The maximum atomic E-state index is 13.1. The van der Waals surface area contributed by atoms with Crippen molar-refractivity contribution in [1.29, 1.82) is 0 Å². The number of nitrogens with one attached hydrogen (secondary N) is 3. The molecular formula is C21H17Cl2F2N5O7S. The van der Waals surface area contributed by atoms with Crippen molar-refractivity contribution in [2.24, 2.45) is 5.92 Å². The SMILES string of the molecule is COc1ccc(Oc2c(Cl)cc(-n3nc(C(F)F)c(=O)[nH]c3=O)cc2Cl)cc1S(=O)(=O)NNC(=O)C1CC1. The molecule has 17 heteroatoms. The van der Waals surface area contributed by atoms with Gasteiger partial charge in [0.25, 0.3) is 22.0 Å². The molecule has 38 heavy (non-hydrogen) atoms. The van der Waals surface area contributed by atoms with Gasteiger partial charge in [0, 0.05) is 12.0 Å². The Bertz CT molecular complexity index is 1620. The minimum Gasteiger partial charge on any atom is -0.495 e. The molecule has 0 unspecified atom stereocenters. The Morgan fingerprint density at radius 1 is 1.18 bits per heavy atom. The molecule has 0 radical (unpaired) electrons. The molecule has 1 aromatic heterocycles. The average Bonchev–Trinajstić information content (AvgIpc) is 3.70. The molecule has 202 valence electrons. The van der Waals surface area contributed by atoms with Crippen LogP contribution in [0.1, 0.15) is 25.0 Å². The number of H-pyrrole nitrogens is 1. The van der Waals surface area contributed by atoms with E-state index in [0.717, 1.165) is 18.2 Å². The van der Waals surface area contributed by atoms with Gasteiger partial charge in [-0.25, -0.2) is 22.0 Å². The lowest BCUT2D eigenvalue weighted by Gasteiger charge is -2.15. The molecule has 1 heterocycles. The van der Waals surface area contributed by atoms with Crippen LogP contribution in [0.5, 0.6) is 17.2 Å². The predicted octanol–water partition coefficient (Wildman–Crippen LogP) is 2.69. The van der Waals surface area contributed by atoms with Gasteiger partial charge in [-0.3, -0.25) is 20.0 Å². The number of halogens is 4. The van der Waals surface area contributed by atoms with E-state index in [0.29, 0.717) is 17.5 Å². The number of ether oxygens (including phenoxy) is 2. The van der Waals surface area contributed by atoms with Crippen molar-refractivity contribution in [3.8, 4) is 22.9 Å². The first-order valence-electron chi connectivity index (χ1n) is 10.6. The summed E-state index contributed by atoms with van der Waals surface area (Å²) in [5, 5.41) is 2.96. The Kier molecular flexibility index (Phi) is 7.73. The van der Waals surface area contributed by atoms with Crippen molar-refractivity contribution in [2.45, 2.75) is 24.2 Å². The van der Waals surface area contributed by atoms with E-state index >= 15 is 0 Å². The number of rotatable bonds is 9. The number of carbonyl (C=O) groups excluding carboxylic acids is 1. The van der Waals surface area contributed by atoms with E-state index in [9.17, 15) is 31.6 Å². The summed E-state index contributed by atoms with van der Waals surface area (Å²) in [6.07, 6.45) is -1.92. The number of hydrogen-bond acceptors (Lipinski definition) is 8. The molecule has 1 fully saturated rings. The van der Waals surface area contributed by atoms with Crippen LogP contribution in [0.15, 0.2) is 44.8 Å². The zero-order valence-corrected chi connectivity index (χ0v) is 21.5. The highest BCUT2D eigenvalue weighted by Gasteiger charge is 2.31. The van der Waals surface area contributed by atoms with E-state index in [4.69, 9.17) is 32.7 Å². The first kappa shape index (κ1) is 27.5. The average molecular weight is 592 g/mol. The van der Waals surface area contributed by atoms with Gasteiger partial charge in [0.1, 0.15) is 16.4 Å². The number of hydrazine groups is 1. The highest BCUT2D eigenvalue weighted by Crippen LogP contribution is 2.39. The summed E-state index contributed by atoms with van der Waals surface area (Å²) in [6, 6.07) is 5.96. The molecule has 1 amide bonds. The standard InChI is InChI=1S/C21H17Cl2F2N5O7S/c1-36-14-5-4-11(8-15(14)38(34,35)29-27-19(31)9-2-3-9)37-17-12(22)6-10(7-13(17)23)30-21(33)26-20(32)16(28-30)18(24)25/h4-9,18,29H,2-3H2,1H3,(H,27,31)(H,26,32,33). The van der Waals surface area contributed by atoms with Crippen molar-refractivity contribution >= 4 is 39.1 Å². The van der Waals surface area contributed by atoms with Crippen LogP contribution in [-0.4, -0.2) is 36.2 Å². The minimum atomic E-state index is -4.29. The molecule has 12 nitrogen and oxygen atoms in total. The van der Waals surface area contributed by atoms with Gasteiger partial charge in [0.2, 0.25) is 5.91 Å². The van der Waals surface area contributed by atoms with Crippen molar-refractivity contribution < 1.29 is 31.5 Å². The molecule has 3 N–H and O–H groups in total. The lowest BCUT2D eigenvalue weighted by Crippen LogP contribution is -2.42. The lowest BCUT2D eigenvalue weighted by molar-refractivity contribution is -0.122. The second-order valence-corrected chi connectivity index (χ2v) is 10.3. The molecule has 1 saturated carbocycles. The quantitative estimate of drug-likeness (QED) is 0.320. The highest BCUT2D eigenvalue weighted by atomic mass is 35.5. The molecule has 1 aliphatic carbocycles. The second kappa shape index (κ2) is 10.7. The van der Waals surface area contributed by atoms with E-state index in [1.807, 2.05) is 4.83 Å². The fraction of sp³-hybridized carbons (Fsp3) is 0.238. The van der Waals surface area contributed by atoms with Gasteiger partial charge in [-0.1, -0.05) is 23.2 Å². The Hall–Kier alpha value is -3.53. The molecule has 2 aromatic carbocycles. The third-order valence-corrected chi connectivity index (χ3v) is 7.02. The van der Waals surface area contributed by atoms with Gasteiger partial charge >= 0.3 is 5.69 Å². The van der Waals surface area contributed by atoms with Crippen LogP contribution in [0.4, 0.5) is 8.78 Å². The first-order valence-corrected chi connectivity index (χ1v) is 12.8. The number of nitrogens with zero attached hydrogens (tertiary/aromatic N) is 2. The monoisotopic (exact) mass is 591 g/mol. The van der Waals surface area contributed by atoms with E-state index in [1.54, 1.807) is 4.98 Å². The van der Waals surface area contributed by atoms with Gasteiger partial charge in [-0.2, -0.15) is 9.78 Å². The highest BCUT2D eigenvalue weighted by molar-refractivity contribution is 7.89. The first-order chi connectivity index (χ1) is 17.9. The summed E-state index contributed by atoms with van der Waals surface area (Å²) in [6.45, 7) is 0. The van der Waals surface area contributed by atoms with Gasteiger partial charge in [-0.05, 0) is 37.1 Å². The molecule has 0 spiro atoms. The zero-order chi connectivity index (χ0) is 27.8. The van der Waals surface area contributed by atoms with E-state index < -0.39 is 39.3 Å². The molecule has 4 rings (SSSR count). The van der Waals surface area contributed by atoms with Gasteiger partial charge in [-0.15, -0.1) is 4.83 Å². The van der Waals surface area contributed by atoms with E-state index in [1.165, 1.54) is 19.2 Å². The van der Waals surface area contributed by atoms with E-state index in [2.05, 4.69) is 10.5 Å². The van der Waals surface area contributed by atoms with Crippen molar-refractivity contribution in [2.75, 3.05) is 7.11 Å². The topological polar surface area (TPSA) is 161 Å². The van der Waals surface area contributed by atoms with Crippen LogP contribution in [0.25, 0.3) is 5.69 Å². The molecule has 0 saturated heterocycles. The van der Waals surface area contributed by atoms with Crippen molar-refractivity contribution in [3.63, 3.8) is 0 Å². The summed E-state index contributed by atoms with van der Waals surface area (Å²) >= 11 is 12.5. The maximum absolute atomic E-state index is 13.1. The molecular weight excluding hydrogens is 575 g/mol. The number of alkyl halides is 2. The second-order valence-electron chi connectivity index (χ2n) is 7.88. The minimum absolute atomic E-state index is 0.0589. The van der Waals surface area contributed by atoms with Gasteiger partial charge in [0.15, 0.2) is 11.4 Å². The summed E-state index contributed by atoms with van der Waals surface area (Å²) in [5.74, 6) is -1.000. The van der Waals surface area contributed by atoms with Crippen LogP contribution < -0.4 is 31.0 Å². The summed E-state index contributed by atoms with van der Waals surface area (Å²) < 4.78 is 63.0. The number of aromatic amines is 1. The van der Waals surface area contributed by atoms with Crippen LogP contribution in [0.2, 0.25) is 10.0 Å². The number of methoxy groups -OCH3 is 1. The maximum Gasteiger partial charge on any atom is 0.349 e. The third-order valence-electron chi connectivity index (χ3n) is 5.19. The summed E-state index contributed by atoms with van der Waals surface area (Å²) in [7, 11) is -3.04. The van der Waals surface area contributed by atoms with Gasteiger partial charge < -0.3 is 9.47 Å². The lowest BCUT2D eigenvalue weighted by atomic mass is 10.3. The number of benzene rings is 2. The molecule has 0 bridgehead atoms. The largest absolute Gasteiger partial charge is 0.495 e. The number of carbonyl (C=O) groups is 1. The summed E-state index contributed by atoms with van der Waals surface area (Å²) in [5.41, 5.74) is -1.67. The smallest absolute Gasteiger partial charge is 0.349 e. The van der Waals surface area contributed by atoms with Crippen LogP contribution in [0, 0.1) is 5.92 Å². The van der Waals surface area contributed by atoms with E-state index in [-0.39, 0.29) is 43.8 Å². The Labute approximate surface area is 222 Å². The number of aromatic nitrogens is 3. The number of hydrogen-bond donors (Lipinski definition) is 3. The van der Waals surface area contributed by atoms with Crippen molar-refractivity contribution in [3.05, 3.63) is 66.9 Å². The Morgan fingerprint density at radius 3 is 2.42 bits per heavy atom. The van der Waals surface area contributed by atoms with Crippen molar-refractivity contribution in [1.82, 2.24) is 25.0 Å². The predicted molar refractivity (Wildman–Crippen MR) is 130 cm³/mol. The van der Waals surface area contributed by atoms with Gasteiger partial charge in [0.05, 0.1) is 22.8 Å². The fourth-order valence-electron chi connectivity index (χ4n) is 3.17. The summed E-state index contributed by atoms with van der Waals surface area (Å²) in [4.78, 5) is 38.9. The molecule has 3 aromatic rings. The Morgan fingerprint density at radius 2 is 1.84 bits per heavy atom. The van der Waals surface area contributed by atoms with Crippen LogP contribution >= 0.6 is 23.2 Å². The van der Waals surface area contributed by atoms with Crippen LogP contribution in [-0.2, 0) is 14.8 Å². The molecule has 0 aliphatic heterocycles. The third kappa shape index (κ3) is 5.80. The normalized spacial score (nSPS) is 13.4. The molecule has 1 aliphatic rings. The zero-order valence-electron chi connectivity index (χ0n) is 19.1. The molecule has 0 atom stereocenters. The van der Waals surface area contributed by atoms with Crippen LogP contribution in [0.3, 0.4) is 0 Å². The number of sulfonamides is 1.